The van der Waals surface area contributed by atoms with Crippen LogP contribution in [0.5, 0.6) is 0 Å². The smallest absolute Gasteiger partial charge is 0.184 e. The van der Waals surface area contributed by atoms with Crippen LogP contribution in [0.25, 0.3) is 0 Å². The zero-order chi connectivity index (χ0) is 9.97. The van der Waals surface area contributed by atoms with Crippen molar-refractivity contribution in [2.45, 2.75) is 12.4 Å². The van der Waals surface area contributed by atoms with Crippen LogP contribution in [0, 0.1) is 0 Å². The highest BCUT2D eigenvalue weighted by Crippen LogP contribution is 2.24. The van der Waals surface area contributed by atoms with Crippen LogP contribution in [0.2, 0.25) is 0 Å². The molecule has 1 aromatic rings. The van der Waals surface area contributed by atoms with Crippen molar-refractivity contribution in [2.24, 2.45) is 0 Å². The number of halogens is 1. The maximum Gasteiger partial charge on any atom is 0.184 e. The predicted molar refractivity (Wildman–Crippen MR) is 54.8 cm³/mol. The average Bonchev–Trinajstić information content (AvgIpc) is 2.21. The van der Waals surface area contributed by atoms with Crippen LogP contribution in [0.4, 0.5) is 0 Å². The predicted octanol–water partition coefficient (Wildman–Crippen LogP) is 1.86. The Morgan fingerprint density at radius 1 is 1.14 bits per heavy atom. The van der Waals surface area contributed by atoms with Crippen LogP contribution in [0.15, 0.2) is 28.7 Å². The summed E-state index contributed by atoms with van der Waals surface area (Å²) in [7, 11) is 0. The fourth-order valence-corrected chi connectivity index (χ4v) is 1.57. The highest BCUT2D eigenvalue weighted by atomic mass is 79.9. The van der Waals surface area contributed by atoms with Crippen LogP contribution >= 0.6 is 15.9 Å². The number of ether oxygens (including phenoxy) is 2. The largest absolute Gasteiger partial charge is 0.388 e. The van der Waals surface area contributed by atoms with Gasteiger partial charge < -0.3 is 14.6 Å². The molecule has 4 heteroatoms. The van der Waals surface area contributed by atoms with Gasteiger partial charge in [-0.25, -0.2) is 0 Å². The topological polar surface area (TPSA) is 38.7 Å². The first-order chi connectivity index (χ1) is 6.75. The molecule has 0 amide bonds. The molecule has 2 rings (SSSR count). The van der Waals surface area contributed by atoms with Gasteiger partial charge in [0.25, 0.3) is 0 Å². The second kappa shape index (κ2) is 4.40. The van der Waals surface area contributed by atoms with E-state index in [1.807, 2.05) is 24.3 Å². The standard InChI is InChI=1S/C10H11BrO3/c11-8-3-1-7(2-4-8)10-13-5-9(12)6-14-10/h1-4,9-10,12H,5-6H2. The molecule has 1 saturated heterocycles. The van der Waals surface area contributed by atoms with E-state index in [0.29, 0.717) is 13.2 Å². The van der Waals surface area contributed by atoms with Crippen molar-refractivity contribution in [1.29, 1.82) is 0 Å². The Kier molecular flexibility index (Phi) is 3.18. The SMILES string of the molecule is OC1COC(c2ccc(Br)cc2)OC1. The van der Waals surface area contributed by atoms with E-state index in [1.54, 1.807) is 0 Å². The van der Waals surface area contributed by atoms with Crippen molar-refractivity contribution in [2.75, 3.05) is 13.2 Å². The lowest BCUT2D eigenvalue weighted by Crippen LogP contribution is -2.30. The van der Waals surface area contributed by atoms with E-state index < -0.39 is 6.10 Å². The maximum atomic E-state index is 9.16. The Balaban J connectivity index is 2.05. The second-order valence-electron chi connectivity index (χ2n) is 3.20. The van der Waals surface area contributed by atoms with Gasteiger partial charge in [0.1, 0.15) is 6.10 Å². The van der Waals surface area contributed by atoms with E-state index in [9.17, 15) is 0 Å². The highest BCUT2D eigenvalue weighted by molar-refractivity contribution is 9.10. The van der Waals surface area contributed by atoms with Crippen molar-refractivity contribution in [1.82, 2.24) is 0 Å². The minimum atomic E-state index is -0.498. The Hall–Kier alpha value is -0.420. The Morgan fingerprint density at radius 2 is 1.71 bits per heavy atom. The van der Waals surface area contributed by atoms with E-state index in [1.165, 1.54) is 0 Å². The normalized spacial score (nSPS) is 27.6. The van der Waals surface area contributed by atoms with Crippen molar-refractivity contribution in [3.8, 4) is 0 Å². The van der Waals surface area contributed by atoms with Gasteiger partial charge >= 0.3 is 0 Å². The third-order valence-electron chi connectivity index (χ3n) is 2.02. The van der Waals surface area contributed by atoms with Crippen molar-refractivity contribution >= 4 is 15.9 Å². The summed E-state index contributed by atoms with van der Waals surface area (Å²) in [5.41, 5.74) is 0.972. The third-order valence-corrected chi connectivity index (χ3v) is 2.55. The molecule has 0 atom stereocenters. The molecule has 1 fully saturated rings. The molecule has 0 bridgehead atoms. The molecule has 76 valence electrons. The number of rotatable bonds is 1. The monoisotopic (exact) mass is 258 g/mol. The molecule has 0 radical (unpaired) electrons. The Labute approximate surface area is 90.8 Å². The number of benzene rings is 1. The lowest BCUT2D eigenvalue weighted by Gasteiger charge is -2.26. The molecule has 1 N–H and O–H groups in total. The van der Waals surface area contributed by atoms with Gasteiger partial charge in [0.2, 0.25) is 0 Å². The first-order valence-corrected chi connectivity index (χ1v) is 5.22. The van der Waals surface area contributed by atoms with Gasteiger partial charge in [-0.3, -0.25) is 0 Å². The summed E-state index contributed by atoms with van der Waals surface area (Å²) in [6.07, 6.45) is -0.840. The molecule has 0 aromatic heterocycles. The summed E-state index contributed by atoms with van der Waals surface area (Å²) in [5, 5.41) is 9.16. The number of aliphatic hydroxyl groups excluding tert-OH is 1. The van der Waals surface area contributed by atoms with Crippen molar-refractivity contribution < 1.29 is 14.6 Å². The van der Waals surface area contributed by atoms with E-state index in [-0.39, 0.29) is 6.29 Å². The summed E-state index contributed by atoms with van der Waals surface area (Å²) in [6, 6.07) is 7.75. The Bertz CT molecular complexity index is 291. The van der Waals surface area contributed by atoms with Gasteiger partial charge in [-0.05, 0) is 12.1 Å². The van der Waals surface area contributed by atoms with E-state index in [4.69, 9.17) is 14.6 Å². The van der Waals surface area contributed by atoms with Gasteiger partial charge in [0.05, 0.1) is 13.2 Å². The summed E-state index contributed by atoms with van der Waals surface area (Å²) >= 11 is 3.36. The summed E-state index contributed by atoms with van der Waals surface area (Å²) in [4.78, 5) is 0. The Morgan fingerprint density at radius 3 is 2.29 bits per heavy atom. The maximum absolute atomic E-state index is 9.16. The zero-order valence-corrected chi connectivity index (χ0v) is 9.11. The van der Waals surface area contributed by atoms with Gasteiger partial charge in [-0.15, -0.1) is 0 Å². The van der Waals surface area contributed by atoms with Crippen LogP contribution in [0.3, 0.4) is 0 Å². The molecule has 0 aliphatic carbocycles. The number of hydrogen-bond donors (Lipinski definition) is 1. The van der Waals surface area contributed by atoms with E-state index >= 15 is 0 Å². The molecular formula is C10H11BrO3. The highest BCUT2D eigenvalue weighted by Gasteiger charge is 2.21. The molecule has 3 nitrogen and oxygen atoms in total. The minimum absolute atomic E-state index is 0.334. The van der Waals surface area contributed by atoms with Crippen LogP contribution in [-0.4, -0.2) is 24.4 Å². The lowest BCUT2D eigenvalue weighted by molar-refractivity contribution is -0.220. The fraction of sp³-hybridized carbons (Fsp3) is 0.400. The second-order valence-corrected chi connectivity index (χ2v) is 4.12. The fourth-order valence-electron chi connectivity index (χ4n) is 1.31. The van der Waals surface area contributed by atoms with E-state index in [2.05, 4.69) is 15.9 Å². The summed E-state index contributed by atoms with van der Waals surface area (Å²) in [6.45, 7) is 0.668. The molecule has 0 unspecified atom stereocenters. The van der Waals surface area contributed by atoms with Crippen LogP contribution < -0.4 is 0 Å². The zero-order valence-electron chi connectivity index (χ0n) is 7.52. The van der Waals surface area contributed by atoms with Crippen molar-refractivity contribution in [3.63, 3.8) is 0 Å². The van der Waals surface area contributed by atoms with Crippen LogP contribution in [0.1, 0.15) is 11.9 Å². The molecule has 1 aromatic carbocycles. The molecule has 1 aliphatic rings. The minimum Gasteiger partial charge on any atom is -0.388 e. The molecule has 0 spiro atoms. The van der Waals surface area contributed by atoms with Crippen LogP contribution in [-0.2, 0) is 9.47 Å². The van der Waals surface area contributed by atoms with Gasteiger partial charge in [0, 0.05) is 10.0 Å². The third kappa shape index (κ3) is 2.33. The quantitative estimate of drug-likeness (QED) is 0.836. The summed E-state index contributed by atoms with van der Waals surface area (Å²) < 4.78 is 11.7. The first kappa shape index (κ1) is 10.1. The first-order valence-electron chi connectivity index (χ1n) is 4.42. The molecule has 14 heavy (non-hydrogen) atoms. The lowest BCUT2D eigenvalue weighted by atomic mass is 10.2. The summed E-state index contributed by atoms with van der Waals surface area (Å²) in [5.74, 6) is 0. The van der Waals surface area contributed by atoms with Gasteiger partial charge in [-0.1, -0.05) is 28.1 Å². The molecule has 1 heterocycles. The number of hydrogen-bond acceptors (Lipinski definition) is 3. The number of aliphatic hydroxyl groups is 1. The molecular weight excluding hydrogens is 248 g/mol. The van der Waals surface area contributed by atoms with E-state index in [0.717, 1.165) is 10.0 Å². The van der Waals surface area contributed by atoms with Gasteiger partial charge in [-0.2, -0.15) is 0 Å². The molecule has 0 saturated carbocycles. The average molecular weight is 259 g/mol. The van der Waals surface area contributed by atoms with Crippen molar-refractivity contribution in [3.05, 3.63) is 34.3 Å². The van der Waals surface area contributed by atoms with Gasteiger partial charge in [0.15, 0.2) is 6.29 Å². The molecule has 1 aliphatic heterocycles.